The van der Waals surface area contributed by atoms with Gasteiger partial charge >= 0.3 is 0 Å². The minimum atomic E-state index is 0.133. The van der Waals surface area contributed by atoms with Gasteiger partial charge < -0.3 is 4.57 Å². The number of halogens is 1. The molecule has 0 fully saturated rings. The van der Waals surface area contributed by atoms with E-state index in [1.807, 2.05) is 12.1 Å². The zero-order valence-electron chi connectivity index (χ0n) is 15.1. The average molecular weight is 386 g/mol. The van der Waals surface area contributed by atoms with E-state index >= 15 is 0 Å². The van der Waals surface area contributed by atoms with Crippen LogP contribution in [0.3, 0.4) is 0 Å². The summed E-state index contributed by atoms with van der Waals surface area (Å²) in [7, 11) is 0. The molecular weight excluding hydrogens is 366 g/mol. The van der Waals surface area contributed by atoms with E-state index in [1.54, 1.807) is 18.5 Å². The van der Waals surface area contributed by atoms with Crippen molar-refractivity contribution in [3.05, 3.63) is 41.2 Å². The molecule has 0 radical (unpaired) electrons. The molecule has 0 bridgehead atoms. The predicted molar refractivity (Wildman–Crippen MR) is 107 cm³/mol. The second kappa shape index (κ2) is 7.67. The molecular formula is C19H20ClN5S. The highest BCUT2D eigenvalue weighted by Crippen LogP contribution is 2.35. The van der Waals surface area contributed by atoms with Gasteiger partial charge in [0, 0.05) is 34.9 Å². The third kappa shape index (κ3) is 3.56. The first-order valence-corrected chi connectivity index (χ1v) is 9.60. The molecule has 1 N–H and O–H groups in total. The lowest BCUT2D eigenvalue weighted by Gasteiger charge is -2.14. The molecule has 2 heterocycles. The fourth-order valence-electron chi connectivity index (χ4n) is 2.83. The molecule has 0 atom stereocenters. The van der Waals surface area contributed by atoms with Gasteiger partial charge in [-0.05, 0) is 57.8 Å². The van der Waals surface area contributed by atoms with Crippen molar-refractivity contribution in [2.45, 2.75) is 44.7 Å². The Morgan fingerprint density at radius 1 is 1.19 bits per heavy atom. The van der Waals surface area contributed by atoms with Crippen LogP contribution in [0.25, 0.3) is 22.4 Å². The first kappa shape index (κ1) is 18.7. The Morgan fingerprint density at radius 3 is 2.46 bits per heavy atom. The number of benzene rings is 1. The first-order valence-electron chi connectivity index (χ1n) is 8.40. The number of aromatic nitrogens is 3. The molecule has 1 aromatic carbocycles. The number of nitrogens with zero attached hydrogens (tertiary/aromatic N) is 4. The summed E-state index contributed by atoms with van der Waals surface area (Å²) in [5.74, 6) is 0.538. The van der Waals surface area contributed by atoms with Crippen LogP contribution in [-0.2, 0) is 0 Å². The Labute approximate surface area is 162 Å². The van der Waals surface area contributed by atoms with Crippen molar-refractivity contribution in [1.82, 2.24) is 19.3 Å². The largest absolute Gasteiger partial charge is 0.334 e. The molecule has 0 spiro atoms. The van der Waals surface area contributed by atoms with Gasteiger partial charge in [-0.1, -0.05) is 11.6 Å². The first-order chi connectivity index (χ1) is 12.4. The average Bonchev–Trinajstić information content (AvgIpc) is 2.93. The van der Waals surface area contributed by atoms with Crippen molar-refractivity contribution in [3.8, 4) is 17.6 Å². The summed E-state index contributed by atoms with van der Waals surface area (Å²) in [6.07, 6.45) is 3.55. The van der Waals surface area contributed by atoms with E-state index in [1.165, 1.54) is 11.9 Å². The van der Waals surface area contributed by atoms with Crippen LogP contribution in [0.15, 0.2) is 35.5 Å². The summed E-state index contributed by atoms with van der Waals surface area (Å²) in [5, 5.41) is 11.3. The standard InChI is InChI=1S/C19H20ClN5S/c1-11(2)24-26-14-9-22-19(23-10-14)18-16(8-21)15-6-5-13(20)7-17(15)25(18)12(3)4/h5-7,9-12,24H,1-4H3. The van der Waals surface area contributed by atoms with Crippen LogP contribution >= 0.6 is 23.5 Å². The summed E-state index contributed by atoms with van der Waals surface area (Å²) in [6, 6.07) is 8.39. The summed E-state index contributed by atoms with van der Waals surface area (Å²) in [4.78, 5) is 9.97. The minimum Gasteiger partial charge on any atom is -0.334 e. The highest BCUT2D eigenvalue weighted by molar-refractivity contribution is 7.97. The van der Waals surface area contributed by atoms with Gasteiger partial charge in [0.05, 0.1) is 16.0 Å². The minimum absolute atomic E-state index is 0.133. The van der Waals surface area contributed by atoms with Crippen molar-refractivity contribution >= 4 is 34.5 Å². The smallest absolute Gasteiger partial charge is 0.177 e. The van der Waals surface area contributed by atoms with Crippen molar-refractivity contribution in [1.29, 1.82) is 5.26 Å². The lowest BCUT2D eigenvalue weighted by molar-refractivity contribution is 0.626. The van der Waals surface area contributed by atoms with Gasteiger partial charge in [0.15, 0.2) is 5.82 Å². The molecule has 3 rings (SSSR count). The van der Waals surface area contributed by atoms with Gasteiger partial charge in [0.2, 0.25) is 0 Å². The Bertz CT molecular complexity index is 970. The van der Waals surface area contributed by atoms with Gasteiger partial charge in [-0.25, -0.2) is 9.97 Å². The van der Waals surface area contributed by atoms with Crippen LogP contribution in [0.5, 0.6) is 0 Å². The van der Waals surface area contributed by atoms with Crippen LogP contribution in [0, 0.1) is 11.3 Å². The number of nitriles is 1. The highest BCUT2D eigenvalue weighted by Gasteiger charge is 2.22. The molecule has 0 saturated heterocycles. The molecule has 0 aliphatic rings. The van der Waals surface area contributed by atoms with Gasteiger partial charge in [0.25, 0.3) is 0 Å². The summed E-state index contributed by atoms with van der Waals surface area (Å²) >= 11 is 7.69. The number of rotatable bonds is 5. The molecule has 0 saturated carbocycles. The Morgan fingerprint density at radius 2 is 1.88 bits per heavy atom. The van der Waals surface area contributed by atoms with E-state index in [-0.39, 0.29) is 6.04 Å². The molecule has 26 heavy (non-hydrogen) atoms. The molecule has 0 unspecified atom stereocenters. The number of nitrogens with one attached hydrogen (secondary N) is 1. The SMILES string of the molecule is CC(C)NSc1cnc(-c2c(C#N)c3ccc(Cl)cc3n2C(C)C)nc1. The molecule has 134 valence electrons. The van der Waals surface area contributed by atoms with Gasteiger partial charge in [-0.3, -0.25) is 4.72 Å². The van der Waals surface area contributed by atoms with Crippen LogP contribution in [0.2, 0.25) is 5.02 Å². The number of hydrogen-bond donors (Lipinski definition) is 1. The molecule has 3 aromatic rings. The predicted octanol–water partition coefficient (Wildman–Crippen LogP) is 5.21. The fraction of sp³-hybridized carbons (Fsp3) is 0.316. The van der Waals surface area contributed by atoms with E-state index in [2.05, 4.69) is 53.0 Å². The van der Waals surface area contributed by atoms with E-state index in [4.69, 9.17) is 11.6 Å². The normalized spacial score (nSPS) is 11.5. The molecule has 0 aliphatic carbocycles. The van der Waals surface area contributed by atoms with Crippen LogP contribution < -0.4 is 4.72 Å². The molecule has 7 heteroatoms. The lowest BCUT2D eigenvalue weighted by Crippen LogP contribution is -2.13. The third-order valence-electron chi connectivity index (χ3n) is 3.85. The van der Waals surface area contributed by atoms with E-state index in [9.17, 15) is 5.26 Å². The Hall–Kier alpha value is -2.07. The molecule has 0 aliphatic heterocycles. The molecule has 5 nitrogen and oxygen atoms in total. The topological polar surface area (TPSA) is 66.5 Å². The van der Waals surface area contributed by atoms with E-state index in [0.717, 1.165) is 21.5 Å². The maximum Gasteiger partial charge on any atom is 0.177 e. The quantitative estimate of drug-likeness (QED) is 0.610. The Kier molecular flexibility index (Phi) is 5.52. The van der Waals surface area contributed by atoms with Crippen LogP contribution in [0.4, 0.5) is 0 Å². The second-order valence-corrected chi connectivity index (χ2v) is 7.93. The van der Waals surface area contributed by atoms with Crippen molar-refractivity contribution in [2.75, 3.05) is 0 Å². The molecule has 0 amide bonds. The van der Waals surface area contributed by atoms with Gasteiger partial charge in [-0.2, -0.15) is 5.26 Å². The van der Waals surface area contributed by atoms with Gasteiger partial charge in [-0.15, -0.1) is 0 Å². The summed E-state index contributed by atoms with van der Waals surface area (Å²) < 4.78 is 5.34. The van der Waals surface area contributed by atoms with Crippen molar-refractivity contribution in [3.63, 3.8) is 0 Å². The summed E-state index contributed by atoms with van der Waals surface area (Å²) in [5.41, 5.74) is 2.22. The van der Waals surface area contributed by atoms with E-state index < -0.39 is 0 Å². The van der Waals surface area contributed by atoms with E-state index in [0.29, 0.717) is 22.5 Å². The number of fused-ring (bicyclic) bond motifs is 1. The number of hydrogen-bond acceptors (Lipinski definition) is 5. The van der Waals surface area contributed by atoms with Crippen molar-refractivity contribution in [2.24, 2.45) is 0 Å². The van der Waals surface area contributed by atoms with Crippen LogP contribution in [-0.4, -0.2) is 20.6 Å². The zero-order chi connectivity index (χ0) is 18.8. The summed E-state index contributed by atoms with van der Waals surface area (Å²) in [6.45, 7) is 8.30. The van der Waals surface area contributed by atoms with Gasteiger partial charge in [0.1, 0.15) is 11.8 Å². The maximum atomic E-state index is 9.78. The fourth-order valence-corrected chi connectivity index (χ4v) is 3.58. The lowest BCUT2D eigenvalue weighted by atomic mass is 10.1. The highest BCUT2D eigenvalue weighted by atomic mass is 35.5. The zero-order valence-corrected chi connectivity index (χ0v) is 16.7. The van der Waals surface area contributed by atoms with Crippen LogP contribution in [0.1, 0.15) is 39.3 Å². The van der Waals surface area contributed by atoms with Crippen molar-refractivity contribution < 1.29 is 0 Å². The third-order valence-corrected chi connectivity index (χ3v) is 5.12. The maximum absolute atomic E-state index is 9.78. The monoisotopic (exact) mass is 385 g/mol. The molecule has 2 aromatic heterocycles. The Balaban J connectivity index is 2.15. The second-order valence-electron chi connectivity index (χ2n) is 6.58.